The van der Waals surface area contributed by atoms with Crippen molar-refractivity contribution in [1.29, 1.82) is 0 Å². The first-order valence-electron chi connectivity index (χ1n) is 7.51. The first-order chi connectivity index (χ1) is 11.2. The number of anilines is 1. The van der Waals surface area contributed by atoms with E-state index in [1.807, 2.05) is 4.90 Å². The van der Waals surface area contributed by atoms with Crippen molar-refractivity contribution in [2.45, 2.75) is 18.6 Å². The van der Waals surface area contributed by atoms with Gasteiger partial charge in [0, 0.05) is 43.3 Å². The van der Waals surface area contributed by atoms with Crippen molar-refractivity contribution in [2.75, 3.05) is 31.7 Å². The van der Waals surface area contributed by atoms with E-state index in [4.69, 9.17) is 4.74 Å². The van der Waals surface area contributed by atoms with E-state index in [0.717, 1.165) is 21.7 Å². The number of aromatic nitrogens is 2. The molecular formula is C15H17FN4O2S. The van der Waals surface area contributed by atoms with Crippen molar-refractivity contribution in [2.24, 2.45) is 0 Å². The third-order valence-electron chi connectivity index (χ3n) is 4.25. The lowest BCUT2D eigenvalue weighted by Gasteiger charge is -2.32. The number of thiophene rings is 1. The molecule has 4 heterocycles. The number of ether oxygens (including phenoxy) is 1. The maximum absolute atomic E-state index is 14.3. The Kier molecular flexibility index (Phi) is 3.57. The van der Waals surface area contributed by atoms with E-state index >= 15 is 0 Å². The second-order valence-corrected chi connectivity index (χ2v) is 6.93. The van der Waals surface area contributed by atoms with Gasteiger partial charge in [0.1, 0.15) is 11.0 Å². The lowest BCUT2D eigenvalue weighted by Crippen LogP contribution is -2.46. The molecule has 0 fully saturated rings. The summed E-state index contributed by atoms with van der Waals surface area (Å²) in [4.78, 5) is 16.2. The quantitative estimate of drug-likeness (QED) is 0.893. The van der Waals surface area contributed by atoms with Gasteiger partial charge >= 0.3 is 0 Å². The van der Waals surface area contributed by atoms with Gasteiger partial charge in [-0.05, 0) is 5.56 Å². The summed E-state index contributed by atoms with van der Waals surface area (Å²) in [5.41, 5.74) is 2.70. The molecule has 2 atom stereocenters. The average Bonchev–Trinajstić information content (AvgIpc) is 3.11. The van der Waals surface area contributed by atoms with E-state index in [0.29, 0.717) is 31.0 Å². The Morgan fingerprint density at radius 3 is 3.09 bits per heavy atom. The Morgan fingerprint density at radius 1 is 1.48 bits per heavy atom. The number of methoxy groups -OCH3 is 1. The first-order valence-corrected chi connectivity index (χ1v) is 8.32. The van der Waals surface area contributed by atoms with Gasteiger partial charge in [-0.25, -0.2) is 4.39 Å². The van der Waals surface area contributed by atoms with E-state index in [-0.39, 0.29) is 11.9 Å². The minimum atomic E-state index is -0.938. The molecule has 2 aromatic rings. The number of nitrogens with zero attached hydrogens (tertiary/aromatic N) is 2. The molecule has 0 saturated carbocycles. The molecule has 6 nitrogen and oxygen atoms in total. The van der Waals surface area contributed by atoms with Gasteiger partial charge in [-0.3, -0.25) is 9.89 Å². The summed E-state index contributed by atoms with van der Waals surface area (Å²) in [6.07, 6.45) is 2.89. The first kappa shape index (κ1) is 14.6. The van der Waals surface area contributed by atoms with Gasteiger partial charge in [0.05, 0.1) is 24.5 Å². The van der Waals surface area contributed by atoms with Gasteiger partial charge < -0.3 is 15.0 Å². The summed E-state index contributed by atoms with van der Waals surface area (Å²) in [5, 5.41) is 9.74. The van der Waals surface area contributed by atoms with E-state index in [9.17, 15) is 9.18 Å². The standard InChI is InChI=1S/C15H17FN4O2S/c1-22-7-10-6-20-5-9(16)2-11-12(20)14(15(21)19-10)23-13(11)8-3-17-18-4-8/h3-4,9-10H,2,5-7H2,1H3,(H,17,18)(H,19,21). The van der Waals surface area contributed by atoms with Crippen LogP contribution in [0.5, 0.6) is 0 Å². The minimum Gasteiger partial charge on any atom is -0.382 e. The number of carbonyl (C=O) groups excluding carboxylic acids is 1. The highest BCUT2D eigenvalue weighted by Gasteiger charge is 2.37. The van der Waals surface area contributed by atoms with Gasteiger partial charge in [0.2, 0.25) is 0 Å². The highest BCUT2D eigenvalue weighted by Crippen LogP contribution is 2.45. The van der Waals surface area contributed by atoms with Crippen LogP contribution in [0, 0.1) is 0 Å². The Labute approximate surface area is 136 Å². The zero-order chi connectivity index (χ0) is 16.0. The molecule has 4 rings (SSSR count). The summed E-state index contributed by atoms with van der Waals surface area (Å²) in [6, 6.07) is -0.136. The summed E-state index contributed by atoms with van der Waals surface area (Å²) < 4.78 is 19.5. The van der Waals surface area contributed by atoms with E-state index in [1.165, 1.54) is 11.3 Å². The minimum absolute atomic E-state index is 0.108. The van der Waals surface area contributed by atoms with Crippen LogP contribution in [0.15, 0.2) is 12.4 Å². The van der Waals surface area contributed by atoms with E-state index < -0.39 is 6.17 Å². The topological polar surface area (TPSA) is 70.2 Å². The predicted octanol–water partition coefficient (Wildman–Crippen LogP) is 1.60. The number of hydrogen-bond donors (Lipinski definition) is 2. The van der Waals surface area contributed by atoms with Crippen molar-refractivity contribution in [3.63, 3.8) is 0 Å². The molecule has 0 spiro atoms. The third kappa shape index (κ3) is 2.42. The normalized spacial score (nSPS) is 23.4. The number of halogens is 1. The average molecular weight is 336 g/mol. The van der Waals surface area contributed by atoms with Crippen LogP contribution in [0.25, 0.3) is 10.4 Å². The van der Waals surface area contributed by atoms with Crippen LogP contribution in [0.1, 0.15) is 15.2 Å². The van der Waals surface area contributed by atoms with Crippen molar-refractivity contribution >= 4 is 22.9 Å². The second kappa shape index (κ2) is 5.61. The van der Waals surface area contributed by atoms with Crippen LogP contribution in [0.4, 0.5) is 10.1 Å². The number of nitrogens with one attached hydrogen (secondary N) is 2. The fourth-order valence-corrected chi connectivity index (χ4v) is 4.62. The number of rotatable bonds is 3. The van der Waals surface area contributed by atoms with Gasteiger partial charge in [0.25, 0.3) is 5.91 Å². The van der Waals surface area contributed by atoms with Crippen LogP contribution in [0.2, 0.25) is 0 Å². The summed E-state index contributed by atoms with van der Waals surface area (Å²) >= 11 is 1.41. The number of aromatic amines is 1. The molecule has 0 radical (unpaired) electrons. The zero-order valence-electron chi connectivity index (χ0n) is 12.6. The molecule has 23 heavy (non-hydrogen) atoms. The molecule has 2 N–H and O–H groups in total. The number of hydrogen-bond acceptors (Lipinski definition) is 5. The lowest BCUT2D eigenvalue weighted by atomic mass is 9.99. The molecule has 122 valence electrons. The van der Waals surface area contributed by atoms with Crippen LogP contribution in [-0.4, -0.2) is 55.1 Å². The van der Waals surface area contributed by atoms with Crippen molar-refractivity contribution in [3.8, 4) is 10.4 Å². The molecule has 0 aromatic carbocycles. The summed E-state index contributed by atoms with van der Waals surface area (Å²) in [7, 11) is 1.60. The number of alkyl halides is 1. The van der Waals surface area contributed by atoms with Crippen LogP contribution < -0.4 is 10.2 Å². The van der Waals surface area contributed by atoms with Gasteiger partial charge in [-0.1, -0.05) is 0 Å². The second-order valence-electron chi connectivity index (χ2n) is 5.91. The van der Waals surface area contributed by atoms with Crippen LogP contribution in [0.3, 0.4) is 0 Å². The molecule has 2 aliphatic heterocycles. The van der Waals surface area contributed by atoms with Crippen molar-refractivity contribution in [3.05, 3.63) is 22.8 Å². The van der Waals surface area contributed by atoms with E-state index in [2.05, 4.69) is 15.5 Å². The molecule has 0 bridgehead atoms. The van der Waals surface area contributed by atoms with Crippen molar-refractivity contribution < 1.29 is 13.9 Å². The van der Waals surface area contributed by atoms with Crippen molar-refractivity contribution in [1.82, 2.24) is 15.5 Å². The highest BCUT2D eigenvalue weighted by molar-refractivity contribution is 7.18. The Morgan fingerprint density at radius 2 is 2.35 bits per heavy atom. The fourth-order valence-electron chi connectivity index (χ4n) is 3.38. The Balaban J connectivity index is 1.83. The van der Waals surface area contributed by atoms with Crippen LogP contribution in [-0.2, 0) is 11.2 Å². The van der Waals surface area contributed by atoms with E-state index in [1.54, 1.807) is 19.5 Å². The fraction of sp³-hybridized carbons (Fsp3) is 0.467. The highest BCUT2D eigenvalue weighted by atomic mass is 32.1. The molecule has 1 amide bonds. The molecule has 0 aliphatic carbocycles. The Hall–Kier alpha value is -1.93. The molecular weight excluding hydrogens is 319 g/mol. The maximum Gasteiger partial charge on any atom is 0.263 e. The largest absolute Gasteiger partial charge is 0.382 e. The van der Waals surface area contributed by atoms with Gasteiger partial charge in [-0.15, -0.1) is 11.3 Å². The number of amides is 1. The maximum atomic E-state index is 14.3. The zero-order valence-corrected chi connectivity index (χ0v) is 13.5. The summed E-state index contributed by atoms with van der Waals surface area (Å²) in [5.74, 6) is -0.108. The predicted molar refractivity (Wildman–Crippen MR) is 85.8 cm³/mol. The third-order valence-corrected chi connectivity index (χ3v) is 5.52. The van der Waals surface area contributed by atoms with Gasteiger partial charge in [0.15, 0.2) is 0 Å². The SMILES string of the molecule is COCC1CN2CC(F)Cc3c(-c4cn[nH]c4)sc(c32)C(=O)N1. The molecule has 0 saturated heterocycles. The Bertz CT molecular complexity index is 730. The number of carbonyl (C=O) groups is 1. The van der Waals surface area contributed by atoms with Gasteiger partial charge in [-0.2, -0.15) is 5.10 Å². The monoisotopic (exact) mass is 336 g/mol. The molecule has 8 heteroatoms. The summed E-state index contributed by atoms with van der Waals surface area (Å²) in [6.45, 7) is 1.29. The van der Waals surface area contributed by atoms with Crippen LogP contribution >= 0.6 is 11.3 Å². The number of H-pyrrole nitrogens is 1. The lowest BCUT2D eigenvalue weighted by molar-refractivity contribution is 0.0910. The molecule has 2 aliphatic rings. The molecule has 2 aromatic heterocycles. The smallest absolute Gasteiger partial charge is 0.263 e. The molecule has 2 unspecified atom stereocenters.